The van der Waals surface area contributed by atoms with Crippen LogP contribution in [0.1, 0.15) is 19.4 Å². The Bertz CT molecular complexity index is 598. The molecule has 116 valence electrons. The highest BCUT2D eigenvalue weighted by Crippen LogP contribution is 2.17. The molecule has 0 heterocycles. The number of ether oxygens (including phenoxy) is 2. The summed E-state index contributed by atoms with van der Waals surface area (Å²) in [7, 11) is 0. The van der Waals surface area contributed by atoms with Crippen LogP contribution in [-0.2, 0) is 11.3 Å². The topological polar surface area (TPSA) is 47.6 Å². The second-order valence-corrected chi connectivity index (χ2v) is 4.83. The van der Waals surface area contributed by atoms with Gasteiger partial charge in [-0.3, -0.25) is 4.79 Å². The van der Waals surface area contributed by atoms with Crippen LogP contribution in [0.5, 0.6) is 11.5 Å². The van der Waals surface area contributed by atoms with Gasteiger partial charge in [0.15, 0.2) is 6.10 Å². The van der Waals surface area contributed by atoms with Crippen molar-refractivity contribution in [2.24, 2.45) is 0 Å². The number of amides is 1. The molecule has 2 aromatic rings. The maximum atomic E-state index is 12.1. The molecule has 4 nitrogen and oxygen atoms in total. The van der Waals surface area contributed by atoms with E-state index in [0.717, 1.165) is 11.3 Å². The van der Waals surface area contributed by atoms with Gasteiger partial charge in [-0.05, 0) is 32.0 Å². The molecule has 0 aliphatic heterocycles. The quantitative estimate of drug-likeness (QED) is 0.854. The number of nitrogens with one attached hydrogen (secondary N) is 1. The molecule has 1 atom stereocenters. The van der Waals surface area contributed by atoms with Crippen LogP contribution >= 0.6 is 0 Å². The summed E-state index contributed by atoms with van der Waals surface area (Å²) >= 11 is 0. The lowest BCUT2D eigenvalue weighted by atomic mass is 10.2. The molecule has 0 saturated heterocycles. The van der Waals surface area contributed by atoms with Crippen LogP contribution in [0.25, 0.3) is 0 Å². The van der Waals surface area contributed by atoms with Gasteiger partial charge in [-0.25, -0.2) is 0 Å². The summed E-state index contributed by atoms with van der Waals surface area (Å²) in [5.41, 5.74) is 0.949. The van der Waals surface area contributed by atoms with Gasteiger partial charge in [-0.1, -0.05) is 36.4 Å². The molecule has 0 bridgehead atoms. The molecule has 0 fully saturated rings. The van der Waals surface area contributed by atoms with Crippen molar-refractivity contribution in [2.75, 3.05) is 6.61 Å². The fraction of sp³-hybridized carbons (Fsp3) is 0.278. The standard InChI is InChI=1S/C18H21NO3/c1-3-21-17-12-8-7-9-15(17)13-19-18(20)14(2)22-16-10-5-4-6-11-16/h4-12,14H,3,13H2,1-2H3,(H,19,20)/t14-/m0/s1. The second-order valence-electron chi connectivity index (χ2n) is 4.83. The van der Waals surface area contributed by atoms with Crippen LogP contribution in [0, 0.1) is 0 Å². The Morgan fingerprint density at radius 1 is 1.09 bits per heavy atom. The van der Waals surface area contributed by atoms with Crippen molar-refractivity contribution in [3.63, 3.8) is 0 Å². The molecule has 0 saturated carbocycles. The molecular formula is C18H21NO3. The molecular weight excluding hydrogens is 278 g/mol. The van der Waals surface area contributed by atoms with Gasteiger partial charge >= 0.3 is 0 Å². The van der Waals surface area contributed by atoms with Gasteiger partial charge in [-0.2, -0.15) is 0 Å². The Morgan fingerprint density at radius 3 is 2.50 bits per heavy atom. The van der Waals surface area contributed by atoms with Gasteiger partial charge in [0.05, 0.1) is 6.61 Å². The van der Waals surface area contributed by atoms with Crippen LogP contribution in [0.15, 0.2) is 54.6 Å². The van der Waals surface area contributed by atoms with Crippen molar-refractivity contribution >= 4 is 5.91 Å². The van der Waals surface area contributed by atoms with Crippen LogP contribution in [0.2, 0.25) is 0 Å². The van der Waals surface area contributed by atoms with Crippen molar-refractivity contribution in [1.82, 2.24) is 5.32 Å². The average Bonchev–Trinajstić information content (AvgIpc) is 2.55. The monoisotopic (exact) mass is 299 g/mol. The third-order valence-corrected chi connectivity index (χ3v) is 3.15. The van der Waals surface area contributed by atoms with Crippen molar-refractivity contribution in [3.05, 3.63) is 60.2 Å². The molecule has 0 aliphatic carbocycles. The first kappa shape index (κ1) is 15.9. The number of benzene rings is 2. The van der Waals surface area contributed by atoms with E-state index in [9.17, 15) is 4.79 Å². The van der Waals surface area contributed by atoms with E-state index >= 15 is 0 Å². The molecule has 0 radical (unpaired) electrons. The molecule has 2 rings (SSSR count). The van der Waals surface area contributed by atoms with E-state index < -0.39 is 6.10 Å². The summed E-state index contributed by atoms with van der Waals surface area (Å²) in [4.78, 5) is 12.1. The molecule has 0 spiro atoms. The third kappa shape index (κ3) is 4.52. The summed E-state index contributed by atoms with van der Waals surface area (Å²) in [6.45, 7) is 4.68. The van der Waals surface area contributed by atoms with Crippen LogP contribution in [0.4, 0.5) is 0 Å². The van der Waals surface area contributed by atoms with Gasteiger partial charge in [0, 0.05) is 12.1 Å². The number of carbonyl (C=O) groups is 1. The third-order valence-electron chi connectivity index (χ3n) is 3.15. The van der Waals surface area contributed by atoms with Crippen molar-refractivity contribution in [2.45, 2.75) is 26.5 Å². The van der Waals surface area contributed by atoms with E-state index in [1.807, 2.05) is 61.5 Å². The molecule has 22 heavy (non-hydrogen) atoms. The lowest BCUT2D eigenvalue weighted by Gasteiger charge is -2.15. The van der Waals surface area contributed by atoms with E-state index in [4.69, 9.17) is 9.47 Å². The van der Waals surface area contributed by atoms with Gasteiger partial charge < -0.3 is 14.8 Å². The Balaban J connectivity index is 1.89. The minimum atomic E-state index is -0.554. The Morgan fingerprint density at radius 2 is 1.77 bits per heavy atom. The molecule has 4 heteroatoms. The summed E-state index contributed by atoms with van der Waals surface area (Å²) in [5, 5.41) is 2.87. The minimum Gasteiger partial charge on any atom is -0.494 e. The lowest BCUT2D eigenvalue weighted by molar-refractivity contribution is -0.127. The molecule has 0 aliphatic rings. The summed E-state index contributed by atoms with van der Waals surface area (Å²) in [6.07, 6.45) is -0.554. The minimum absolute atomic E-state index is 0.157. The highest BCUT2D eigenvalue weighted by molar-refractivity contribution is 5.80. The zero-order valence-corrected chi connectivity index (χ0v) is 12.9. The number of hydrogen-bond acceptors (Lipinski definition) is 3. The van der Waals surface area contributed by atoms with Crippen molar-refractivity contribution in [3.8, 4) is 11.5 Å². The number of para-hydroxylation sites is 2. The predicted molar refractivity (Wildman–Crippen MR) is 86.0 cm³/mol. The fourth-order valence-electron chi connectivity index (χ4n) is 2.03. The van der Waals surface area contributed by atoms with Gasteiger partial charge in [0.1, 0.15) is 11.5 Å². The number of hydrogen-bond donors (Lipinski definition) is 1. The largest absolute Gasteiger partial charge is 0.494 e. The summed E-state index contributed by atoms with van der Waals surface area (Å²) in [6, 6.07) is 17.0. The normalized spacial score (nSPS) is 11.5. The molecule has 0 unspecified atom stereocenters. The first-order valence-corrected chi connectivity index (χ1v) is 7.41. The predicted octanol–water partition coefficient (Wildman–Crippen LogP) is 3.17. The molecule has 2 aromatic carbocycles. The van der Waals surface area contributed by atoms with Gasteiger partial charge in [0.2, 0.25) is 0 Å². The molecule has 0 aromatic heterocycles. The summed E-state index contributed by atoms with van der Waals surface area (Å²) in [5.74, 6) is 1.32. The fourth-order valence-corrected chi connectivity index (χ4v) is 2.03. The Labute approximate surface area is 131 Å². The van der Waals surface area contributed by atoms with Gasteiger partial charge in [-0.15, -0.1) is 0 Å². The molecule has 1 amide bonds. The molecule has 1 N–H and O–H groups in total. The van der Waals surface area contributed by atoms with E-state index in [1.165, 1.54) is 0 Å². The van der Waals surface area contributed by atoms with Crippen LogP contribution in [0.3, 0.4) is 0 Å². The lowest BCUT2D eigenvalue weighted by Crippen LogP contribution is -2.36. The number of rotatable bonds is 7. The van der Waals surface area contributed by atoms with E-state index in [2.05, 4.69) is 5.32 Å². The van der Waals surface area contributed by atoms with Crippen molar-refractivity contribution in [1.29, 1.82) is 0 Å². The van der Waals surface area contributed by atoms with Crippen LogP contribution < -0.4 is 14.8 Å². The highest BCUT2D eigenvalue weighted by atomic mass is 16.5. The van der Waals surface area contributed by atoms with E-state index in [1.54, 1.807) is 6.92 Å². The first-order chi connectivity index (χ1) is 10.7. The average molecular weight is 299 g/mol. The maximum absolute atomic E-state index is 12.1. The Hall–Kier alpha value is -2.49. The van der Waals surface area contributed by atoms with E-state index in [-0.39, 0.29) is 5.91 Å². The summed E-state index contributed by atoms with van der Waals surface area (Å²) < 4.78 is 11.1. The van der Waals surface area contributed by atoms with Gasteiger partial charge in [0.25, 0.3) is 5.91 Å². The second kappa shape index (κ2) is 8.08. The maximum Gasteiger partial charge on any atom is 0.261 e. The van der Waals surface area contributed by atoms with Crippen molar-refractivity contribution < 1.29 is 14.3 Å². The Kier molecular flexibility index (Phi) is 5.83. The van der Waals surface area contributed by atoms with Crippen LogP contribution in [-0.4, -0.2) is 18.6 Å². The van der Waals surface area contributed by atoms with E-state index in [0.29, 0.717) is 18.9 Å². The first-order valence-electron chi connectivity index (χ1n) is 7.41. The number of carbonyl (C=O) groups excluding carboxylic acids is 1. The SMILES string of the molecule is CCOc1ccccc1CNC(=O)[C@H](C)Oc1ccccc1. The zero-order chi connectivity index (χ0) is 15.8. The smallest absolute Gasteiger partial charge is 0.261 e. The zero-order valence-electron chi connectivity index (χ0n) is 12.9. The highest BCUT2D eigenvalue weighted by Gasteiger charge is 2.14.